The smallest absolute Gasteiger partial charge is 0.262 e. The monoisotopic (exact) mass is 306 g/mol. The molecule has 0 spiro atoms. The molecule has 0 unspecified atom stereocenters. The average molecular weight is 306 g/mol. The van der Waals surface area contributed by atoms with Crippen molar-refractivity contribution in [2.75, 3.05) is 19.0 Å². The Hall–Kier alpha value is -2.54. The number of hydrogen-bond acceptors (Lipinski definition) is 5. The third kappa shape index (κ3) is 3.96. The van der Waals surface area contributed by atoms with Crippen LogP contribution in [-0.2, 0) is 4.79 Å². The van der Waals surface area contributed by atoms with Gasteiger partial charge in [0.25, 0.3) is 11.8 Å². The van der Waals surface area contributed by atoms with Gasteiger partial charge in [0.2, 0.25) is 0 Å². The molecule has 1 aromatic heterocycles. The van der Waals surface area contributed by atoms with Gasteiger partial charge in [-0.05, 0) is 35.7 Å². The summed E-state index contributed by atoms with van der Waals surface area (Å²) >= 11 is 1.23. The molecule has 0 atom stereocenters. The van der Waals surface area contributed by atoms with Gasteiger partial charge in [-0.2, -0.15) is 0 Å². The van der Waals surface area contributed by atoms with Crippen LogP contribution in [0.1, 0.15) is 10.4 Å². The molecular formula is C14H14N2O4S. The minimum atomic E-state index is -0.581. The lowest BCUT2D eigenvalue weighted by Gasteiger charge is -2.07. The van der Waals surface area contributed by atoms with Gasteiger partial charge in [0.15, 0.2) is 6.61 Å². The number of benzene rings is 1. The second kappa shape index (κ2) is 6.76. The molecule has 0 saturated carbocycles. The van der Waals surface area contributed by atoms with Crippen LogP contribution in [0.3, 0.4) is 0 Å². The number of rotatable bonds is 6. The third-order valence-corrected chi connectivity index (χ3v) is 3.44. The highest BCUT2D eigenvalue weighted by atomic mass is 32.1. The fraction of sp³-hybridized carbons (Fsp3) is 0.143. The Bertz CT molecular complexity index is 637. The number of methoxy groups -OCH3 is 1. The molecule has 110 valence electrons. The second-order valence-corrected chi connectivity index (χ2v) is 4.96. The van der Waals surface area contributed by atoms with E-state index in [1.807, 2.05) is 0 Å². The highest BCUT2D eigenvalue weighted by molar-refractivity contribution is 7.14. The SMILES string of the molecule is COc1ccc(OCC(=O)Nc2sccc2C(N)=O)cc1. The summed E-state index contributed by atoms with van der Waals surface area (Å²) in [5.41, 5.74) is 5.49. The molecule has 2 aromatic rings. The van der Waals surface area contributed by atoms with E-state index in [1.165, 1.54) is 11.3 Å². The highest BCUT2D eigenvalue weighted by Gasteiger charge is 2.12. The fourth-order valence-electron chi connectivity index (χ4n) is 1.58. The largest absolute Gasteiger partial charge is 0.497 e. The first-order chi connectivity index (χ1) is 10.1. The highest BCUT2D eigenvalue weighted by Crippen LogP contribution is 2.22. The van der Waals surface area contributed by atoms with E-state index < -0.39 is 5.91 Å². The van der Waals surface area contributed by atoms with Crippen molar-refractivity contribution in [3.63, 3.8) is 0 Å². The van der Waals surface area contributed by atoms with Crippen LogP contribution in [0.2, 0.25) is 0 Å². The third-order valence-electron chi connectivity index (χ3n) is 2.61. The van der Waals surface area contributed by atoms with Crippen LogP contribution in [0, 0.1) is 0 Å². The number of amides is 2. The predicted molar refractivity (Wildman–Crippen MR) is 80.0 cm³/mol. The Labute approximate surface area is 125 Å². The van der Waals surface area contributed by atoms with Gasteiger partial charge < -0.3 is 20.5 Å². The molecule has 1 heterocycles. The summed E-state index contributed by atoms with van der Waals surface area (Å²) in [6.07, 6.45) is 0. The van der Waals surface area contributed by atoms with Gasteiger partial charge in [0, 0.05) is 0 Å². The van der Waals surface area contributed by atoms with Gasteiger partial charge >= 0.3 is 0 Å². The zero-order valence-electron chi connectivity index (χ0n) is 11.3. The van der Waals surface area contributed by atoms with E-state index in [2.05, 4.69) is 5.32 Å². The lowest BCUT2D eigenvalue weighted by atomic mass is 10.3. The quantitative estimate of drug-likeness (QED) is 0.852. The maximum absolute atomic E-state index is 11.8. The van der Waals surface area contributed by atoms with Crippen LogP contribution in [0.4, 0.5) is 5.00 Å². The van der Waals surface area contributed by atoms with Crippen molar-refractivity contribution in [3.8, 4) is 11.5 Å². The van der Waals surface area contributed by atoms with Crippen LogP contribution in [-0.4, -0.2) is 25.5 Å². The van der Waals surface area contributed by atoms with E-state index in [0.29, 0.717) is 16.5 Å². The predicted octanol–water partition coefficient (Wildman–Crippen LogP) is 1.87. The van der Waals surface area contributed by atoms with Crippen molar-refractivity contribution < 1.29 is 19.1 Å². The molecular weight excluding hydrogens is 292 g/mol. The summed E-state index contributed by atoms with van der Waals surface area (Å²) in [4.78, 5) is 22.9. The van der Waals surface area contributed by atoms with Crippen molar-refractivity contribution in [2.45, 2.75) is 0 Å². The number of anilines is 1. The first-order valence-corrected chi connectivity index (χ1v) is 6.92. The van der Waals surface area contributed by atoms with Crippen molar-refractivity contribution in [1.29, 1.82) is 0 Å². The van der Waals surface area contributed by atoms with Crippen LogP contribution in [0.25, 0.3) is 0 Å². The number of carbonyl (C=O) groups excluding carboxylic acids is 2. The average Bonchev–Trinajstić information content (AvgIpc) is 2.94. The Balaban J connectivity index is 1.89. The van der Waals surface area contributed by atoms with E-state index in [1.54, 1.807) is 42.8 Å². The molecule has 21 heavy (non-hydrogen) atoms. The van der Waals surface area contributed by atoms with Crippen LogP contribution >= 0.6 is 11.3 Å². The first kappa shape index (κ1) is 14.9. The summed E-state index contributed by atoms with van der Waals surface area (Å²) in [5, 5.41) is 4.70. The molecule has 7 heteroatoms. The molecule has 0 radical (unpaired) electrons. The second-order valence-electron chi connectivity index (χ2n) is 4.04. The van der Waals surface area contributed by atoms with E-state index in [9.17, 15) is 9.59 Å². The molecule has 0 saturated heterocycles. The Morgan fingerprint density at radius 2 is 1.86 bits per heavy atom. The molecule has 3 N–H and O–H groups in total. The van der Waals surface area contributed by atoms with Crippen molar-refractivity contribution in [1.82, 2.24) is 0 Å². The lowest BCUT2D eigenvalue weighted by molar-refractivity contribution is -0.118. The van der Waals surface area contributed by atoms with Crippen molar-refractivity contribution >= 4 is 28.2 Å². The molecule has 0 aliphatic carbocycles. The maximum Gasteiger partial charge on any atom is 0.262 e. The van der Waals surface area contributed by atoms with Crippen LogP contribution < -0.4 is 20.5 Å². The minimum absolute atomic E-state index is 0.164. The summed E-state index contributed by atoms with van der Waals surface area (Å²) in [6.45, 7) is -0.164. The Kier molecular flexibility index (Phi) is 4.78. The molecule has 1 aromatic carbocycles. The topological polar surface area (TPSA) is 90.7 Å². The van der Waals surface area contributed by atoms with E-state index in [4.69, 9.17) is 15.2 Å². The van der Waals surface area contributed by atoms with E-state index >= 15 is 0 Å². The van der Waals surface area contributed by atoms with Crippen molar-refractivity contribution in [3.05, 3.63) is 41.3 Å². The summed E-state index contributed by atoms with van der Waals surface area (Å²) < 4.78 is 10.4. The maximum atomic E-state index is 11.8. The summed E-state index contributed by atoms with van der Waals surface area (Å²) in [6, 6.07) is 8.43. The van der Waals surface area contributed by atoms with Gasteiger partial charge in [-0.1, -0.05) is 0 Å². The molecule has 0 aliphatic heterocycles. The van der Waals surface area contributed by atoms with E-state index in [-0.39, 0.29) is 18.1 Å². The van der Waals surface area contributed by atoms with Gasteiger partial charge in [0.1, 0.15) is 16.5 Å². The number of hydrogen-bond donors (Lipinski definition) is 2. The van der Waals surface area contributed by atoms with Crippen LogP contribution in [0.5, 0.6) is 11.5 Å². The molecule has 0 bridgehead atoms. The fourth-order valence-corrected chi connectivity index (χ4v) is 2.39. The molecule has 2 amide bonds. The lowest BCUT2D eigenvalue weighted by Crippen LogP contribution is -2.21. The number of thiophene rings is 1. The summed E-state index contributed by atoms with van der Waals surface area (Å²) in [7, 11) is 1.57. The van der Waals surface area contributed by atoms with Gasteiger partial charge in [-0.3, -0.25) is 9.59 Å². The zero-order chi connectivity index (χ0) is 15.2. The number of ether oxygens (including phenoxy) is 2. The van der Waals surface area contributed by atoms with Gasteiger partial charge in [0.05, 0.1) is 12.7 Å². The molecule has 6 nitrogen and oxygen atoms in total. The number of primary amides is 1. The molecule has 0 fully saturated rings. The van der Waals surface area contributed by atoms with Gasteiger partial charge in [-0.15, -0.1) is 11.3 Å². The van der Waals surface area contributed by atoms with Crippen molar-refractivity contribution in [2.24, 2.45) is 5.73 Å². The van der Waals surface area contributed by atoms with Gasteiger partial charge in [-0.25, -0.2) is 0 Å². The van der Waals surface area contributed by atoms with E-state index in [0.717, 1.165) is 0 Å². The zero-order valence-corrected chi connectivity index (χ0v) is 12.1. The normalized spacial score (nSPS) is 9.95. The number of nitrogens with one attached hydrogen (secondary N) is 1. The Morgan fingerprint density at radius 1 is 1.19 bits per heavy atom. The summed E-state index contributed by atoms with van der Waals surface area (Å²) in [5.74, 6) is 0.308. The number of carbonyl (C=O) groups is 2. The molecule has 0 aliphatic rings. The standard InChI is InChI=1S/C14H14N2O4S/c1-19-9-2-4-10(5-3-9)20-8-12(17)16-14-11(13(15)18)6-7-21-14/h2-7H,8H2,1H3,(H2,15,18)(H,16,17). The first-order valence-electron chi connectivity index (χ1n) is 6.04. The minimum Gasteiger partial charge on any atom is -0.497 e. The molecule has 2 rings (SSSR count). The van der Waals surface area contributed by atoms with Crippen LogP contribution in [0.15, 0.2) is 35.7 Å². The Morgan fingerprint density at radius 3 is 2.48 bits per heavy atom. The number of nitrogens with two attached hydrogens (primary N) is 1.